The summed E-state index contributed by atoms with van der Waals surface area (Å²) in [5.74, 6) is -0.514. The van der Waals surface area contributed by atoms with Gasteiger partial charge in [0.15, 0.2) is 0 Å². The summed E-state index contributed by atoms with van der Waals surface area (Å²) < 4.78 is 5.62. The van der Waals surface area contributed by atoms with Crippen LogP contribution in [0.25, 0.3) is 11.1 Å². The van der Waals surface area contributed by atoms with Crippen LogP contribution in [0.2, 0.25) is 0 Å². The van der Waals surface area contributed by atoms with Gasteiger partial charge in [0.2, 0.25) is 16.9 Å². The van der Waals surface area contributed by atoms with Gasteiger partial charge in [0, 0.05) is 12.3 Å². The first-order valence-corrected chi connectivity index (χ1v) is 13.8. The highest BCUT2D eigenvalue weighted by atomic mass is 32.2. The number of amides is 3. The number of fused-ring (bicyclic) bond motifs is 3. The van der Waals surface area contributed by atoms with Crippen LogP contribution in [-0.4, -0.2) is 54.5 Å². The molecule has 0 aromatic heterocycles. The zero-order valence-corrected chi connectivity index (χ0v) is 22.5. The standard InChI is InChI=1S/C30H31N3O5S/c1-2-39-28(35)18-31-27(34)17-32-29(36)26(16-20-10-4-3-5-11-20)33-30(37)38-19-25-23-14-8-6-12-21(23)22-13-7-9-15-24(22)25/h3-15,25-26H,2,16-19H2,1H3,(H,31,34)(H,32,36)(H,33,37)/t26-/m0/s1. The van der Waals surface area contributed by atoms with E-state index in [0.717, 1.165) is 39.6 Å². The summed E-state index contributed by atoms with van der Waals surface area (Å²) in [5.41, 5.74) is 5.26. The molecule has 0 bridgehead atoms. The number of ether oxygens (including phenoxy) is 1. The molecule has 0 fully saturated rings. The van der Waals surface area contributed by atoms with Gasteiger partial charge in [0.05, 0.1) is 13.1 Å². The van der Waals surface area contributed by atoms with Crippen molar-refractivity contribution in [1.82, 2.24) is 16.0 Å². The van der Waals surface area contributed by atoms with E-state index in [-0.39, 0.29) is 37.2 Å². The lowest BCUT2D eigenvalue weighted by Crippen LogP contribution is -2.50. The fourth-order valence-electron chi connectivity index (χ4n) is 4.58. The van der Waals surface area contributed by atoms with Crippen molar-refractivity contribution in [2.45, 2.75) is 25.3 Å². The molecule has 0 radical (unpaired) electrons. The van der Waals surface area contributed by atoms with Gasteiger partial charge in [0.25, 0.3) is 0 Å². The first kappa shape index (κ1) is 27.9. The Morgan fingerprint density at radius 1 is 0.821 bits per heavy atom. The lowest BCUT2D eigenvalue weighted by Gasteiger charge is -2.20. The van der Waals surface area contributed by atoms with E-state index < -0.39 is 23.9 Å². The van der Waals surface area contributed by atoms with Crippen molar-refractivity contribution in [1.29, 1.82) is 0 Å². The number of hydrogen-bond donors (Lipinski definition) is 3. The molecule has 1 aliphatic rings. The van der Waals surface area contributed by atoms with Gasteiger partial charge in [-0.25, -0.2) is 4.79 Å². The van der Waals surface area contributed by atoms with E-state index in [2.05, 4.69) is 28.1 Å². The molecule has 3 aromatic carbocycles. The van der Waals surface area contributed by atoms with Crippen LogP contribution in [0.3, 0.4) is 0 Å². The molecule has 202 valence electrons. The van der Waals surface area contributed by atoms with E-state index in [9.17, 15) is 19.2 Å². The predicted octanol–water partition coefficient (Wildman–Crippen LogP) is 3.65. The minimum atomic E-state index is -0.965. The number of rotatable bonds is 11. The van der Waals surface area contributed by atoms with Gasteiger partial charge in [0.1, 0.15) is 12.6 Å². The van der Waals surface area contributed by atoms with Gasteiger partial charge in [-0.3, -0.25) is 14.4 Å². The van der Waals surface area contributed by atoms with Crippen LogP contribution in [0.5, 0.6) is 0 Å². The smallest absolute Gasteiger partial charge is 0.407 e. The summed E-state index contributed by atoms with van der Waals surface area (Å²) in [7, 11) is 0. The number of carbonyl (C=O) groups excluding carboxylic acids is 4. The number of alkyl carbamates (subject to hydrolysis) is 1. The van der Waals surface area contributed by atoms with Crippen molar-refractivity contribution in [2.24, 2.45) is 0 Å². The van der Waals surface area contributed by atoms with Crippen LogP contribution >= 0.6 is 11.8 Å². The third kappa shape index (κ3) is 7.48. The molecule has 3 aromatic rings. The average molecular weight is 546 g/mol. The SMILES string of the molecule is CCSC(=O)CNC(=O)CNC(=O)[C@H](Cc1ccccc1)NC(=O)OCC1c2ccccc2-c2ccccc21. The Morgan fingerprint density at radius 2 is 1.44 bits per heavy atom. The molecule has 0 heterocycles. The summed E-state index contributed by atoms with van der Waals surface area (Å²) in [4.78, 5) is 49.6. The third-order valence-corrected chi connectivity index (χ3v) is 7.15. The Morgan fingerprint density at radius 3 is 2.08 bits per heavy atom. The van der Waals surface area contributed by atoms with Gasteiger partial charge in [-0.2, -0.15) is 0 Å². The summed E-state index contributed by atoms with van der Waals surface area (Å²) in [6.45, 7) is 1.53. The molecule has 0 spiro atoms. The lowest BCUT2D eigenvalue weighted by molar-refractivity contribution is -0.127. The van der Waals surface area contributed by atoms with Crippen molar-refractivity contribution in [3.05, 3.63) is 95.6 Å². The first-order valence-electron chi connectivity index (χ1n) is 12.8. The molecule has 0 aliphatic heterocycles. The Kier molecular flexibility index (Phi) is 9.74. The van der Waals surface area contributed by atoms with Crippen molar-refractivity contribution >= 4 is 34.8 Å². The molecule has 4 rings (SSSR count). The van der Waals surface area contributed by atoms with E-state index in [1.165, 1.54) is 0 Å². The molecule has 0 saturated carbocycles. The van der Waals surface area contributed by atoms with Gasteiger partial charge >= 0.3 is 6.09 Å². The van der Waals surface area contributed by atoms with Gasteiger partial charge in [-0.15, -0.1) is 0 Å². The molecule has 3 amide bonds. The van der Waals surface area contributed by atoms with Crippen LogP contribution < -0.4 is 16.0 Å². The highest BCUT2D eigenvalue weighted by molar-refractivity contribution is 8.13. The maximum absolute atomic E-state index is 13.0. The van der Waals surface area contributed by atoms with E-state index in [1.54, 1.807) is 0 Å². The number of thioether (sulfide) groups is 1. The van der Waals surface area contributed by atoms with Crippen LogP contribution in [-0.2, 0) is 25.5 Å². The quantitative estimate of drug-likeness (QED) is 0.339. The molecule has 0 unspecified atom stereocenters. The van der Waals surface area contributed by atoms with E-state index in [4.69, 9.17) is 4.74 Å². The normalized spacial score (nSPS) is 12.5. The van der Waals surface area contributed by atoms with Crippen LogP contribution in [0.1, 0.15) is 29.5 Å². The molecular weight excluding hydrogens is 514 g/mol. The molecule has 1 atom stereocenters. The molecule has 0 saturated heterocycles. The van der Waals surface area contributed by atoms with Crippen molar-refractivity contribution in [3.8, 4) is 11.1 Å². The molecule has 39 heavy (non-hydrogen) atoms. The molecule has 1 aliphatic carbocycles. The predicted molar refractivity (Wildman–Crippen MR) is 151 cm³/mol. The first-order chi connectivity index (χ1) is 19.0. The number of hydrogen-bond acceptors (Lipinski definition) is 6. The Hall–Kier alpha value is -4.11. The van der Waals surface area contributed by atoms with Crippen LogP contribution in [0, 0.1) is 0 Å². The molecule has 3 N–H and O–H groups in total. The van der Waals surface area contributed by atoms with Gasteiger partial charge < -0.3 is 20.7 Å². The van der Waals surface area contributed by atoms with Crippen LogP contribution in [0.15, 0.2) is 78.9 Å². The summed E-state index contributed by atoms with van der Waals surface area (Å²) >= 11 is 1.11. The van der Waals surface area contributed by atoms with Crippen LogP contribution in [0.4, 0.5) is 4.79 Å². The maximum Gasteiger partial charge on any atom is 0.407 e. The maximum atomic E-state index is 13.0. The van der Waals surface area contributed by atoms with E-state index in [0.29, 0.717) is 5.75 Å². The zero-order chi connectivity index (χ0) is 27.6. The van der Waals surface area contributed by atoms with Crippen molar-refractivity contribution < 1.29 is 23.9 Å². The van der Waals surface area contributed by atoms with Gasteiger partial charge in [-0.1, -0.05) is 97.5 Å². The van der Waals surface area contributed by atoms with E-state index >= 15 is 0 Å². The fourth-order valence-corrected chi connectivity index (χ4v) is 5.07. The fraction of sp³-hybridized carbons (Fsp3) is 0.267. The van der Waals surface area contributed by atoms with E-state index in [1.807, 2.05) is 73.7 Å². The summed E-state index contributed by atoms with van der Waals surface area (Å²) in [6.07, 6.45) is -0.510. The largest absolute Gasteiger partial charge is 0.449 e. The Balaban J connectivity index is 1.37. The average Bonchev–Trinajstić information content (AvgIpc) is 3.27. The Bertz CT molecular complexity index is 1290. The minimum absolute atomic E-state index is 0.109. The van der Waals surface area contributed by atoms with Gasteiger partial charge in [-0.05, 0) is 33.6 Å². The number of carbonyl (C=O) groups is 4. The second-order valence-electron chi connectivity index (χ2n) is 9.01. The second kappa shape index (κ2) is 13.6. The minimum Gasteiger partial charge on any atom is -0.449 e. The molecule has 9 heteroatoms. The number of benzene rings is 3. The highest BCUT2D eigenvalue weighted by Crippen LogP contribution is 2.44. The topological polar surface area (TPSA) is 114 Å². The zero-order valence-electron chi connectivity index (χ0n) is 21.6. The second-order valence-corrected chi connectivity index (χ2v) is 10.3. The molecular formula is C30H31N3O5S. The number of nitrogens with one attached hydrogen (secondary N) is 3. The monoisotopic (exact) mass is 545 g/mol. The Labute approximate surface area is 231 Å². The lowest BCUT2D eigenvalue weighted by atomic mass is 9.98. The third-order valence-electron chi connectivity index (χ3n) is 6.39. The highest BCUT2D eigenvalue weighted by Gasteiger charge is 2.30. The summed E-state index contributed by atoms with van der Waals surface area (Å²) in [6, 6.07) is 24.4. The van der Waals surface area contributed by atoms with Crippen molar-refractivity contribution in [3.63, 3.8) is 0 Å². The molecule has 8 nitrogen and oxygen atoms in total. The van der Waals surface area contributed by atoms with Crippen molar-refractivity contribution in [2.75, 3.05) is 25.4 Å². The summed E-state index contributed by atoms with van der Waals surface area (Å²) in [5, 5.41) is 7.54.